The van der Waals surface area contributed by atoms with Gasteiger partial charge in [0.05, 0.1) is 0 Å². The average molecular weight is 160 g/mol. The topological polar surface area (TPSA) is 39.6 Å². The predicted octanol–water partition coefficient (Wildman–Crippen LogP) is 2.18. The molecule has 0 radical (unpaired) electrons. The number of rotatable bonds is 0. The fourth-order valence-electron chi connectivity index (χ4n) is 1.18. The molecule has 1 aromatic heterocycles. The van der Waals surface area contributed by atoms with Crippen LogP contribution in [0.3, 0.4) is 0 Å². The van der Waals surface area contributed by atoms with E-state index in [2.05, 4.69) is 4.98 Å². The highest BCUT2D eigenvalue weighted by Crippen LogP contribution is 2.19. The zero-order chi connectivity index (χ0) is 8.55. The maximum atomic E-state index is 13.2. The highest BCUT2D eigenvalue weighted by molar-refractivity contribution is 5.81. The van der Waals surface area contributed by atoms with Crippen molar-refractivity contribution in [3.63, 3.8) is 0 Å². The summed E-state index contributed by atoms with van der Waals surface area (Å²) < 4.78 is 13.2. The van der Waals surface area contributed by atoms with E-state index in [1.165, 1.54) is 0 Å². The Kier molecular flexibility index (Phi) is 1.34. The Balaban J connectivity index is 2.90. The highest BCUT2D eigenvalue weighted by Gasteiger charge is 2.08. The van der Waals surface area contributed by atoms with Gasteiger partial charge in [-0.25, -0.2) is 4.39 Å². The van der Waals surface area contributed by atoms with Crippen molar-refractivity contribution in [1.29, 1.82) is 5.26 Å². The standard InChI is InChI=1S/C9H5FN2/c10-9-6-3-1-2-4-7(6)12-8(9)5-11/h1-4,12H. The van der Waals surface area contributed by atoms with E-state index in [9.17, 15) is 4.39 Å². The molecule has 0 unspecified atom stereocenters. The molecule has 0 bridgehead atoms. The monoisotopic (exact) mass is 160 g/mol. The maximum Gasteiger partial charge on any atom is 0.166 e. The number of aromatic nitrogens is 1. The van der Waals surface area contributed by atoms with Crippen molar-refractivity contribution in [1.82, 2.24) is 4.98 Å². The van der Waals surface area contributed by atoms with Gasteiger partial charge in [-0.15, -0.1) is 0 Å². The minimum Gasteiger partial charge on any atom is -0.344 e. The van der Waals surface area contributed by atoms with Crippen molar-refractivity contribution in [3.8, 4) is 6.07 Å². The van der Waals surface area contributed by atoms with Gasteiger partial charge in [0.2, 0.25) is 0 Å². The normalized spacial score (nSPS) is 10.0. The summed E-state index contributed by atoms with van der Waals surface area (Å²) in [5, 5.41) is 8.96. The number of para-hydroxylation sites is 1. The van der Waals surface area contributed by atoms with Crippen LogP contribution in [0.1, 0.15) is 5.69 Å². The average Bonchev–Trinajstić information content (AvgIpc) is 2.44. The van der Waals surface area contributed by atoms with Crippen molar-refractivity contribution in [2.24, 2.45) is 0 Å². The van der Waals surface area contributed by atoms with Crippen LogP contribution in [0.15, 0.2) is 24.3 Å². The lowest BCUT2D eigenvalue weighted by Crippen LogP contribution is -1.75. The number of aromatic amines is 1. The van der Waals surface area contributed by atoms with E-state index >= 15 is 0 Å². The van der Waals surface area contributed by atoms with Gasteiger partial charge in [-0.3, -0.25) is 0 Å². The van der Waals surface area contributed by atoms with E-state index in [1.54, 1.807) is 30.3 Å². The van der Waals surface area contributed by atoms with Crippen molar-refractivity contribution < 1.29 is 4.39 Å². The third-order valence-corrected chi connectivity index (χ3v) is 1.75. The SMILES string of the molecule is N#Cc1[nH]c2ccccc2c1F. The Morgan fingerprint density at radius 3 is 2.75 bits per heavy atom. The van der Waals surface area contributed by atoms with Crippen molar-refractivity contribution in [3.05, 3.63) is 35.8 Å². The molecular weight excluding hydrogens is 155 g/mol. The van der Waals surface area contributed by atoms with E-state index in [4.69, 9.17) is 5.26 Å². The third-order valence-electron chi connectivity index (χ3n) is 1.75. The van der Waals surface area contributed by atoms with Gasteiger partial charge >= 0.3 is 0 Å². The van der Waals surface area contributed by atoms with Gasteiger partial charge in [-0.2, -0.15) is 5.26 Å². The summed E-state index contributed by atoms with van der Waals surface area (Å²) in [5.41, 5.74) is 0.655. The third kappa shape index (κ3) is 0.785. The van der Waals surface area contributed by atoms with Crippen LogP contribution in [0.4, 0.5) is 4.39 Å². The molecule has 0 atom stereocenters. The summed E-state index contributed by atoms with van der Waals surface area (Å²) in [6.07, 6.45) is 0. The van der Waals surface area contributed by atoms with Crippen LogP contribution in [0, 0.1) is 17.1 Å². The summed E-state index contributed by atoms with van der Waals surface area (Å²) in [6.45, 7) is 0. The number of fused-ring (bicyclic) bond motifs is 1. The first kappa shape index (κ1) is 6.86. The van der Waals surface area contributed by atoms with Crippen LogP contribution in [-0.4, -0.2) is 4.98 Å². The number of benzene rings is 1. The molecular formula is C9H5FN2. The van der Waals surface area contributed by atoms with E-state index in [0.717, 1.165) is 0 Å². The fraction of sp³-hybridized carbons (Fsp3) is 0. The highest BCUT2D eigenvalue weighted by atomic mass is 19.1. The smallest absolute Gasteiger partial charge is 0.166 e. The molecule has 2 nitrogen and oxygen atoms in total. The first-order valence-corrected chi connectivity index (χ1v) is 3.49. The first-order valence-electron chi connectivity index (χ1n) is 3.49. The van der Waals surface area contributed by atoms with Gasteiger partial charge in [0.25, 0.3) is 0 Å². The van der Waals surface area contributed by atoms with E-state index in [0.29, 0.717) is 10.9 Å². The van der Waals surface area contributed by atoms with Crippen LogP contribution in [-0.2, 0) is 0 Å². The minimum absolute atomic E-state index is 0.00352. The number of halogens is 1. The summed E-state index contributed by atoms with van der Waals surface area (Å²) in [4.78, 5) is 2.68. The second-order valence-corrected chi connectivity index (χ2v) is 2.47. The Bertz CT molecular complexity index is 465. The molecule has 3 heteroatoms. The minimum atomic E-state index is -0.465. The summed E-state index contributed by atoms with van der Waals surface area (Å²) in [7, 11) is 0. The van der Waals surface area contributed by atoms with Gasteiger partial charge in [0, 0.05) is 10.9 Å². The summed E-state index contributed by atoms with van der Waals surface area (Å²) in [6, 6.07) is 8.66. The molecule has 58 valence electrons. The molecule has 2 rings (SSSR count). The largest absolute Gasteiger partial charge is 0.344 e. The van der Waals surface area contributed by atoms with Gasteiger partial charge in [0.1, 0.15) is 6.07 Å². The van der Waals surface area contributed by atoms with Crippen LogP contribution in [0.5, 0.6) is 0 Å². The molecule has 1 N–H and O–H groups in total. The number of hydrogen-bond donors (Lipinski definition) is 1. The lowest BCUT2D eigenvalue weighted by atomic mass is 10.2. The predicted molar refractivity (Wildman–Crippen MR) is 43.0 cm³/mol. The lowest BCUT2D eigenvalue weighted by molar-refractivity contribution is 0.635. The first-order chi connectivity index (χ1) is 5.83. The van der Waals surface area contributed by atoms with Crippen LogP contribution < -0.4 is 0 Å². The summed E-state index contributed by atoms with van der Waals surface area (Å²) >= 11 is 0. The number of hydrogen-bond acceptors (Lipinski definition) is 1. The Morgan fingerprint density at radius 1 is 1.33 bits per heavy atom. The quantitative estimate of drug-likeness (QED) is 0.630. The molecule has 0 aliphatic heterocycles. The summed E-state index contributed by atoms with van der Waals surface area (Å²) in [5.74, 6) is -0.465. The molecule has 0 spiro atoms. The van der Waals surface area contributed by atoms with Gasteiger partial charge in [-0.1, -0.05) is 12.1 Å². The van der Waals surface area contributed by atoms with Crippen LogP contribution in [0.2, 0.25) is 0 Å². The number of nitrogens with zero attached hydrogens (tertiary/aromatic N) is 1. The maximum absolute atomic E-state index is 13.2. The van der Waals surface area contributed by atoms with E-state index < -0.39 is 5.82 Å². The molecule has 12 heavy (non-hydrogen) atoms. The lowest BCUT2D eigenvalue weighted by Gasteiger charge is -1.84. The van der Waals surface area contributed by atoms with Crippen molar-refractivity contribution in [2.75, 3.05) is 0 Å². The molecule has 0 aliphatic rings. The zero-order valence-electron chi connectivity index (χ0n) is 6.13. The van der Waals surface area contributed by atoms with Crippen LogP contribution in [0.25, 0.3) is 10.9 Å². The van der Waals surface area contributed by atoms with Gasteiger partial charge in [-0.05, 0) is 12.1 Å². The van der Waals surface area contributed by atoms with Gasteiger partial charge < -0.3 is 4.98 Å². The second kappa shape index (κ2) is 2.35. The molecule has 1 heterocycles. The Labute approximate surface area is 68.2 Å². The van der Waals surface area contributed by atoms with Crippen LogP contribution >= 0.6 is 0 Å². The molecule has 0 fully saturated rings. The molecule has 1 aromatic carbocycles. The molecule has 0 amide bonds. The Morgan fingerprint density at radius 2 is 2.08 bits per heavy atom. The van der Waals surface area contributed by atoms with Crippen molar-refractivity contribution in [2.45, 2.75) is 0 Å². The second-order valence-electron chi connectivity index (χ2n) is 2.47. The van der Waals surface area contributed by atoms with E-state index in [-0.39, 0.29) is 5.69 Å². The van der Waals surface area contributed by atoms with Gasteiger partial charge in [0.15, 0.2) is 11.5 Å². The van der Waals surface area contributed by atoms with E-state index in [1.807, 2.05) is 0 Å². The molecule has 0 saturated heterocycles. The number of nitriles is 1. The van der Waals surface area contributed by atoms with Crippen molar-refractivity contribution >= 4 is 10.9 Å². The number of nitrogens with one attached hydrogen (secondary N) is 1. The zero-order valence-corrected chi connectivity index (χ0v) is 6.13. The fourth-order valence-corrected chi connectivity index (χ4v) is 1.18. The molecule has 0 saturated carbocycles. The molecule has 2 aromatic rings. The number of H-pyrrole nitrogens is 1. The Hall–Kier alpha value is -1.82. The molecule has 0 aliphatic carbocycles.